The first-order valence-electron chi connectivity index (χ1n) is 11.6. The number of hydrogen-bond donors (Lipinski definition) is 2. The first-order chi connectivity index (χ1) is 17.3. The highest BCUT2D eigenvalue weighted by Crippen LogP contribution is 2.27. The van der Waals surface area contributed by atoms with Gasteiger partial charge < -0.3 is 20.9 Å². The van der Waals surface area contributed by atoms with Crippen molar-refractivity contribution >= 4 is 23.8 Å². The molecule has 1 aromatic carbocycles. The predicted octanol–water partition coefficient (Wildman–Crippen LogP) is 0.694. The molecule has 11 nitrogen and oxygen atoms in total. The van der Waals surface area contributed by atoms with Crippen LogP contribution in [0.5, 0.6) is 0 Å². The normalized spacial score (nSPS) is 20.2. The van der Waals surface area contributed by atoms with E-state index in [1.165, 1.54) is 16.0 Å². The zero-order valence-corrected chi connectivity index (χ0v) is 20.0. The number of primary amides is 1. The highest BCUT2D eigenvalue weighted by Gasteiger charge is 2.49. The number of carbonyl (C=O) groups is 4. The average Bonchev–Trinajstić information content (AvgIpc) is 2.86. The average molecular weight is 492 g/mol. The molecule has 0 aliphatic carbocycles. The van der Waals surface area contributed by atoms with Gasteiger partial charge in [-0.2, -0.15) is 0 Å². The summed E-state index contributed by atoms with van der Waals surface area (Å²) in [7, 11) is 0. The van der Waals surface area contributed by atoms with Gasteiger partial charge in [-0.1, -0.05) is 42.5 Å². The highest BCUT2D eigenvalue weighted by atomic mass is 16.2. The van der Waals surface area contributed by atoms with Gasteiger partial charge in [0.2, 0.25) is 11.8 Å². The lowest BCUT2D eigenvalue weighted by Gasteiger charge is -2.54. The van der Waals surface area contributed by atoms with E-state index in [0.717, 1.165) is 5.56 Å². The molecule has 36 heavy (non-hydrogen) atoms. The maximum absolute atomic E-state index is 13.4. The van der Waals surface area contributed by atoms with Crippen molar-refractivity contribution in [2.45, 2.75) is 32.2 Å². The van der Waals surface area contributed by atoms with Crippen LogP contribution in [0.3, 0.4) is 0 Å². The van der Waals surface area contributed by atoms with Crippen molar-refractivity contribution in [3.8, 4) is 0 Å². The largest absolute Gasteiger partial charge is 0.364 e. The first-order valence-corrected chi connectivity index (χ1v) is 11.6. The summed E-state index contributed by atoms with van der Waals surface area (Å²) < 4.78 is 0. The fraction of sp³-hybridized carbons (Fsp3) is 0.320. The highest BCUT2D eigenvalue weighted by molar-refractivity contribution is 5.92. The van der Waals surface area contributed by atoms with E-state index in [-0.39, 0.29) is 43.7 Å². The molecule has 0 unspecified atom stereocenters. The van der Waals surface area contributed by atoms with Crippen molar-refractivity contribution in [3.05, 3.63) is 78.1 Å². The number of rotatable bonds is 7. The summed E-state index contributed by atoms with van der Waals surface area (Å²) >= 11 is 0. The van der Waals surface area contributed by atoms with E-state index < -0.39 is 24.1 Å². The molecule has 188 valence electrons. The Kier molecular flexibility index (Phi) is 7.30. The second-order valence-electron chi connectivity index (χ2n) is 8.68. The van der Waals surface area contributed by atoms with Crippen LogP contribution in [0.1, 0.15) is 28.7 Å². The second kappa shape index (κ2) is 10.6. The van der Waals surface area contributed by atoms with Gasteiger partial charge in [-0.05, 0) is 24.6 Å². The summed E-state index contributed by atoms with van der Waals surface area (Å²) in [6, 6.07) is 13.1. The van der Waals surface area contributed by atoms with Crippen molar-refractivity contribution in [1.82, 2.24) is 30.1 Å². The molecular formula is C25H29N7O4. The molecule has 2 fully saturated rings. The van der Waals surface area contributed by atoms with Crippen molar-refractivity contribution in [2.24, 2.45) is 5.73 Å². The molecule has 0 spiro atoms. The number of pyridine rings is 1. The number of hydrazine groups is 1. The lowest BCUT2D eigenvalue weighted by Crippen LogP contribution is -2.75. The van der Waals surface area contributed by atoms with Crippen LogP contribution in [0, 0.1) is 0 Å². The maximum Gasteiger partial charge on any atom is 0.334 e. The molecule has 0 bridgehead atoms. The van der Waals surface area contributed by atoms with Crippen molar-refractivity contribution < 1.29 is 19.2 Å². The van der Waals surface area contributed by atoms with E-state index in [1.807, 2.05) is 30.3 Å². The smallest absolute Gasteiger partial charge is 0.334 e. The number of hydrogen-bond acceptors (Lipinski definition) is 6. The van der Waals surface area contributed by atoms with E-state index in [4.69, 9.17) is 5.73 Å². The number of benzene rings is 1. The Labute approximate surface area is 209 Å². The lowest BCUT2D eigenvalue weighted by atomic mass is 10.1. The third kappa shape index (κ3) is 5.05. The van der Waals surface area contributed by atoms with Crippen molar-refractivity contribution in [2.75, 3.05) is 19.6 Å². The Balaban J connectivity index is 1.60. The number of nitrogens with one attached hydrogen (secondary N) is 1. The standard InChI is InChI=1S/C25H29N7O4/c1-3-12-30-16-22(33)31-17(2)24(35)29(14-19-10-7-11-20(28-19)23(26)34)15-21(31)32(30)25(36)27-13-18-8-5-4-6-9-18/h3-11,17,21H,1,12-16H2,2H3,(H2,26,34)(H,27,36)/t17-,21-/m0/s1. The molecule has 11 heteroatoms. The molecule has 2 atom stereocenters. The first kappa shape index (κ1) is 24.9. The fourth-order valence-electron chi connectivity index (χ4n) is 4.56. The van der Waals surface area contributed by atoms with E-state index >= 15 is 0 Å². The number of nitrogens with two attached hydrogens (primary N) is 1. The van der Waals surface area contributed by atoms with Gasteiger partial charge in [0.25, 0.3) is 5.91 Å². The Morgan fingerprint density at radius 1 is 1.17 bits per heavy atom. The monoisotopic (exact) mass is 491 g/mol. The molecule has 2 aliphatic heterocycles. The van der Waals surface area contributed by atoms with Gasteiger partial charge in [0.1, 0.15) is 17.9 Å². The summed E-state index contributed by atoms with van der Waals surface area (Å²) in [6.45, 7) is 6.11. The van der Waals surface area contributed by atoms with E-state index in [9.17, 15) is 19.2 Å². The fourth-order valence-corrected chi connectivity index (χ4v) is 4.56. The van der Waals surface area contributed by atoms with Gasteiger partial charge in [0.15, 0.2) is 0 Å². The second-order valence-corrected chi connectivity index (χ2v) is 8.68. The molecule has 4 rings (SSSR count). The molecule has 5 amide bonds. The molecule has 0 radical (unpaired) electrons. The third-order valence-electron chi connectivity index (χ3n) is 6.23. The maximum atomic E-state index is 13.4. The molecule has 2 saturated heterocycles. The van der Waals surface area contributed by atoms with Crippen LogP contribution in [0.15, 0.2) is 61.2 Å². The third-order valence-corrected chi connectivity index (χ3v) is 6.23. The quantitative estimate of drug-likeness (QED) is 0.548. The van der Waals surface area contributed by atoms with Crippen LogP contribution in [0.2, 0.25) is 0 Å². The Bertz CT molecular complexity index is 1170. The predicted molar refractivity (Wildman–Crippen MR) is 131 cm³/mol. The molecule has 2 aromatic rings. The number of nitrogens with zero attached hydrogens (tertiary/aromatic N) is 5. The van der Waals surface area contributed by atoms with Crippen LogP contribution in [-0.2, 0) is 22.7 Å². The molecular weight excluding hydrogens is 462 g/mol. The van der Waals surface area contributed by atoms with Crippen molar-refractivity contribution in [1.29, 1.82) is 0 Å². The summed E-state index contributed by atoms with van der Waals surface area (Å²) in [5.74, 6) is -1.18. The van der Waals surface area contributed by atoms with Crippen LogP contribution >= 0.6 is 0 Å². The minimum atomic E-state index is -0.786. The lowest BCUT2D eigenvalue weighted by molar-refractivity contribution is -0.188. The minimum Gasteiger partial charge on any atom is -0.364 e. The summed E-state index contributed by atoms with van der Waals surface area (Å²) in [4.78, 5) is 58.5. The van der Waals surface area contributed by atoms with E-state index in [1.54, 1.807) is 35.0 Å². The molecule has 0 saturated carbocycles. The number of urea groups is 1. The summed E-state index contributed by atoms with van der Waals surface area (Å²) in [6.07, 6.45) is 0.892. The number of aromatic nitrogens is 1. The Morgan fingerprint density at radius 2 is 1.92 bits per heavy atom. The van der Waals surface area contributed by atoms with Gasteiger partial charge >= 0.3 is 6.03 Å². The van der Waals surface area contributed by atoms with Crippen LogP contribution < -0.4 is 11.1 Å². The van der Waals surface area contributed by atoms with Crippen LogP contribution in [0.4, 0.5) is 4.79 Å². The topological polar surface area (TPSA) is 132 Å². The number of carbonyl (C=O) groups excluding carboxylic acids is 4. The zero-order valence-electron chi connectivity index (χ0n) is 20.0. The summed E-state index contributed by atoms with van der Waals surface area (Å²) in [5, 5.41) is 6.05. The van der Waals surface area contributed by atoms with Gasteiger partial charge in [-0.25, -0.2) is 19.8 Å². The Hall–Kier alpha value is -4.25. The number of piperazine rings is 1. The van der Waals surface area contributed by atoms with E-state index in [2.05, 4.69) is 16.9 Å². The minimum absolute atomic E-state index is 0.0545. The van der Waals surface area contributed by atoms with Gasteiger partial charge in [-0.3, -0.25) is 14.4 Å². The molecule has 2 aliphatic rings. The number of fused-ring (bicyclic) bond motifs is 1. The Morgan fingerprint density at radius 3 is 2.61 bits per heavy atom. The molecule has 3 heterocycles. The van der Waals surface area contributed by atoms with Crippen LogP contribution in [0.25, 0.3) is 0 Å². The van der Waals surface area contributed by atoms with Crippen LogP contribution in [-0.4, -0.2) is 80.4 Å². The molecule has 3 N–H and O–H groups in total. The summed E-state index contributed by atoms with van der Waals surface area (Å²) in [5.41, 5.74) is 6.85. The SMILES string of the molecule is C=CCN1CC(=O)N2[C@@H](C)C(=O)N(Cc3cccc(C(N)=O)n3)C[C@@H]2N1C(=O)NCc1ccccc1. The van der Waals surface area contributed by atoms with Gasteiger partial charge in [0, 0.05) is 13.1 Å². The zero-order chi connectivity index (χ0) is 25.8. The van der Waals surface area contributed by atoms with E-state index in [0.29, 0.717) is 12.2 Å². The van der Waals surface area contributed by atoms with Gasteiger partial charge in [-0.15, -0.1) is 6.58 Å². The van der Waals surface area contributed by atoms with Gasteiger partial charge in [0.05, 0.1) is 25.3 Å². The van der Waals surface area contributed by atoms with Crippen molar-refractivity contribution in [3.63, 3.8) is 0 Å². The number of amides is 5. The molecule has 1 aromatic heterocycles.